The van der Waals surface area contributed by atoms with Crippen molar-refractivity contribution in [1.29, 1.82) is 0 Å². The van der Waals surface area contributed by atoms with Crippen molar-refractivity contribution in [3.8, 4) is 0 Å². The number of hydrogen-bond acceptors (Lipinski definition) is 3. The molecule has 4 nitrogen and oxygen atoms in total. The first-order valence-corrected chi connectivity index (χ1v) is 5.75. The zero-order chi connectivity index (χ0) is 11.4. The molecule has 1 fully saturated rings. The van der Waals surface area contributed by atoms with E-state index in [9.17, 15) is 4.79 Å². The number of nitrogens with two attached hydrogens (primary N) is 1. The van der Waals surface area contributed by atoms with Crippen LogP contribution in [0.3, 0.4) is 0 Å². The van der Waals surface area contributed by atoms with Gasteiger partial charge in [-0.25, -0.2) is 0 Å². The smallest absolute Gasteiger partial charge is 0.225 e. The van der Waals surface area contributed by atoms with Crippen LogP contribution in [-0.2, 0) is 4.79 Å². The molecule has 0 saturated carbocycles. The third-order valence-electron chi connectivity index (χ3n) is 3.13. The van der Waals surface area contributed by atoms with Crippen molar-refractivity contribution in [3.63, 3.8) is 0 Å². The second-order valence-electron chi connectivity index (χ2n) is 4.62. The summed E-state index contributed by atoms with van der Waals surface area (Å²) in [5.41, 5.74) is 5.47. The Labute approximate surface area is 92.4 Å². The van der Waals surface area contributed by atoms with Crippen molar-refractivity contribution < 1.29 is 4.79 Å². The van der Waals surface area contributed by atoms with Crippen molar-refractivity contribution in [1.82, 2.24) is 9.80 Å². The van der Waals surface area contributed by atoms with Crippen LogP contribution in [0.5, 0.6) is 0 Å². The van der Waals surface area contributed by atoms with Gasteiger partial charge in [0, 0.05) is 31.6 Å². The van der Waals surface area contributed by atoms with Crippen molar-refractivity contribution in [2.24, 2.45) is 11.7 Å². The lowest BCUT2D eigenvalue weighted by Gasteiger charge is -2.39. The number of carbonyl (C=O) groups is 1. The van der Waals surface area contributed by atoms with E-state index in [4.69, 9.17) is 5.73 Å². The number of amides is 1. The van der Waals surface area contributed by atoms with Gasteiger partial charge in [0.1, 0.15) is 0 Å². The number of piperazine rings is 1. The van der Waals surface area contributed by atoms with Crippen LogP contribution < -0.4 is 5.73 Å². The summed E-state index contributed by atoms with van der Waals surface area (Å²) in [5, 5.41) is 0. The molecule has 2 unspecified atom stereocenters. The van der Waals surface area contributed by atoms with Crippen LogP contribution in [0.15, 0.2) is 0 Å². The third kappa shape index (κ3) is 3.18. The lowest BCUT2D eigenvalue weighted by molar-refractivity contribution is -0.139. The van der Waals surface area contributed by atoms with Crippen LogP contribution in [-0.4, -0.2) is 55.0 Å². The highest BCUT2D eigenvalue weighted by molar-refractivity contribution is 5.78. The fourth-order valence-corrected chi connectivity index (χ4v) is 2.12. The van der Waals surface area contributed by atoms with E-state index in [1.807, 2.05) is 11.8 Å². The first kappa shape index (κ1) is 12.5. The summed E-state index contributed by atoms with van der Waals surface area (Å²) >= 11 is 0. The Bertz CT molecular complexity index is 220. The molecule has 0 aromatic rings. The van der Waals surface area contributed by atoms with E-state index in [-0.39, 0.29) is 11.8 Å². The van der Waals surface area contributed by atoms with E-state index >= 15 is 0 Å². The lowest BCUT2D eigenvalue weighted by Crippen LogP contribution is -2.54. The Morgan fingerprint density at radius 1 is 1.53 bits per heavy atom. The van der Waals surface area contributed by atoms with Gasteiger partial charge in [-0.05, 0) is 26.9 Å². The summed E-state index contributed by atoms with van der Waals surface area (Å²) < 4.78 is 0. The van der Waals surface area contributed by atoms with E-state index in [0.29, 0.717) is 12.6 Å². The number of nitrogens with zero attached hydrogens (tertiary/aromatic N) is 2. The van der Waals surface area contributed by atoms with Crippen molar-refractivity contribution in [2.75, 3.05) is 33.2 Å². The summed E-state index contributed by atoms with van der Waals surface area (Å²) in [6.45, 7) is 7.48. The van der Waals surface area contributed by atoms with Gasteiger partial charge in [-0.1, -0.05) is 6.92 Å². The summed E-state index contributed by atoms with van der Waals surface area (Å²) in [6, 6.07) is 0.330. The molecule has 0 aromatic heterocycles. The van der Waals surface area contributed by atoms with Gasteiger partial charge in [0.15, 0.2) is 0 Å². The Morgan fingerprint density at radius 2 is 2.20 bits per heavy atom. The number of rotatable bonds is 3. The molecule has 1 saturated heterocycles. The molecule has 0 aliphatic carbocycles. The Balaban J connectivity index is 2.52. The number of likely N-dealkylation sites (N-methyl/N-ethyl adjacent to an activating group) is 1. The molecule has 0 aromatic carbocycles. The molecule has 0 spiro atoms. The highest BCUT2D eigenvalue weighted by Gasteiger charge is 2.28. The first-order chi connectivity index (χ1) is 7.06. The van der Waals surface area contributed by atoms with Gasteiger partial charge >= 0.3 is 0 Å². The summed E-state index contributed by atoms with van der Waals surface area (Å²) in [6.07, 6.45) is 0.790. The van der Waals surface area contributed by atoms with Crippen LogP contribution in [0, 0.1) is 5.92 Å². The van der Waals surface area contributed by atoms with Crippen LogP contribution in [0.1, 0.15) is 20.3 Å². The zero-order valence-corrected chi connectivity index (χ0v) is 10.1. The van der Waals surface area contributed by atoms with Crippen LogP contribution >= 0.6 is 0 Å². The standard InChI is InChI=1S/C11H23N3O/c1-9(4-5-12)11(15)14-7-6-13(3)8-10(14)2/h9-10H,4-8,12H2,1-3H3. The number of hydrogen-bond donors (Lipinski definition) is 1. The van der Waals surface area contributed by atoms with Crippen LogP contribution in [0.25, 0.3) is 0 Å². The third-order valence-corrected chi connectivity index (χ3v) is 3.13. The predicted molar refractivity (Wildman–Crippen MR) is 61.5 cm³/mol. The molecule has 88 valence electrons. The van der Waals surface area contributed by atoms with E-state index < -0.39 is 0 Å². The maximum absolute atomic E-state index is 12.1. The molecule has 1 heterocycles. The molecule has 1 rings (SSSR count). The van der Waals surface area contributed by atoms with Crippen molar-refractivity contribution in [2.45, 2.75) is 26.3 Å². The lowest BCUT2D eigenvalue weighted by atomic mass is 10.0. The molecular formula is C11H23N3O. The molecule has 0 bridgehead atoms. The number of carbonyl (C=O) groups excluding carboxylic acids is 1. The second kappa shape index (κ2) is 5.47. The van der Waals surface area contributed by atoms with Gasteiger partial charge in [-0.2, -0.15) is 0 Å². The monoisotopic (exact) mass is 213 g/mol. The van der Waals surface area contributed by atoms with Gasteiger partial charge in [0.2, 0.25) is 5.91 Å². The quantitative estimate of drug-likeness (QED) is 0.725. The van der Waals surface area contributed by atoms with Crippen molar-refractivity contribution >= 4 is 5.91 Å². The largest absolute Gasteiger partial charge is 0.337 e. The van der Waals surface area contributed by atoms with Gasteiger partial charge in [0.25, 0.3) is 0 Å². The van der Waals surface area contributed by atoms with Crippen molar-refractivity contribution in [3.05, 3.63) is 0 Å². The predicted octanol–water partition coefficient (Wildman–Crippen LogP) is 0.134. The Morgan fingerprint density at radius 3 is 2.73 bits per heavy atom. The van der Waals surface area contributed by atoms with Gasteiger partial charge < -0.3 is 15.5 Å². The Hall–Kier alpha value is -0.610. The van der Waals surface area contributed by atoms with E-state index in [1.165, 1.54) is 0 Å². The molecule has 2 N–H and O–H groups in total. The first-order valence-electron chi connectivity index (χ1n) is 5.75. The zero-order valence-electron chi connectivity index (χ0n) is 10.1. The minimum absolute atomic E-state index is 0.0702. The van der Waals surface area contributed by atoms with Gasteiger partial charge in [-0.15, -0.1) is 0 Å². The normalized spacial score (nSPS) is 25.3. The highest BCUT2D eigenvalue weighted by atomic mass is 16.2. The Kier molecular flexibility index (Phi) is 4.54. The maximum Gasteiger partial charge on any atom is 0.225 e. The fraction of sp³-hybridized carbons (Fsp3) is 0.909. The van der Waals surface area contributed by atoms with Crippen LogP contribution in [0.2, 0.25) is 0 Å². The highest BCUT2D eigenvalue weighted by Crippen LogP contribution is 2.13. The molecule has 2 atom stereocenters. The topological polar surface area (TPSA) is 49.6 Å². The molecule has 0 radical (unpaired) electrons. The summed E-state index contributed by atoms with van der Waals surface area (Å²) in [5.74, 6) is 0.335. The molecular weight excluding hydrogens is 190 g/mol. The average Bonchev–Trinajstić information content (AvgIpc) is 2.17. The van der Waals surface area contributed by atoms with Gasteiger partial charge in [0.05, 0.1) is 0 Å². The maximum atomic E-state index is 12.1. The van der Waals surface area contributed by atoms with E-state index in [0.717, 1.165) is 26.1 Å². The molecule has 1 aliphatic rings. The fourth-order valence-electron chi connectivity index (χ4n) is 2.12. The molecule has 15 heavy (non-hydrogen) atoms. The van der Waals surface area contributed by atoms with E-state index in [1.54, 1.807) is 0 Å². The van der Waals surface area contributed by atoms with Gasteiger partial charge in [-0.3, -0.25) is 4.79 Å². The molecule has 1 aliphatic heterocycles. The second-order valence-corrected chi connectivity index (χ2v) is 4.62. The molecule has 1 amide bonds. The summed E-state index contributed by atoms with van der Waals surface area (Å²) in [7, 11) is 2.10. The minimum Gasteiger partial charge on any atom is -0.337 e. The SMILES string of the molecule is CC(CCN)C(=O)N1CCN(C)CC1C. The average molecular weight is 213 g/mol. The molecule has 4 heteroatoms. The van der Waals surface area contributed by atoms with Crippen LogP contribution in [0.4, 0.5) is 0 Å². The van der Waals surface area contributed by atoms with E-state index in [2.05, 4.69) is 18.9 Å². The minimum atomic E-state index is 0.0702. The summed E-state index contributed by atoms with van der Waals surface area (Å²) in [4.78, 5) is 16.3.